The molecule has 1 amide bonds. The highest BCUT2D eigenvalue weighted by Gasteiger charge is 2.32. The number of carbonyl (C=O) groups is 2. The van der Waals surface area contributed by atoms with E-state index in [-0.39, 0.29) is 6.42 Å². The van der Waals surface area contributed by atoms with Gasteiger partial charge in [0.2, 0.25) is 15.9 Å². The van der Waals surface area contributed by atoms with Gasteiger partial charge in [-0.3, -0.25) is 9.10 Å². The Balaban J connectivity index is 2.39. The van der Waals surface area contributed by atoms with Crippen LogP contribution in [0.4, 0.5) is 11.4 Å². The second kappa shape index (κ2) is 10.3. The lowest BCUT2D eigenvalue weighted by molar-refractivity contribution is -0.117. The summed E-state index contributed by atoms with van der Waals surface area (Å²) in [5, 5.41) is 2.76. The Bertz CT molecular complexity index is 1030. The van der Waals surface area contributed by atoms with E-state index in [1.807, 2.05) is 6.92 Å². The van der Waals surface area contributed by atoms with Crippen molar-refractivity contribution in [3.05, 3.63) is 53.6 Å². The van der Waals surface area contributed by atoms with Crippen molar-refractivity contribution in [3.63, 3.8) is 0 Å². The molecule has 1 unspecified atom stereocenters. The fourth-order valence-electron chi connectivity index (χ4n) is 3.23. The van der Waals surface area contributed by atoms with Crippen molar-refractivity contribution in [2.45, 2.75) is 33.2 Å². The molecule has 0 aliphatic rings. The van der Waals surface area contributed by atoms with E-state index in [1.165, 1.54) is 7.11 Å². The first-order chi connectivity index (χ1) is 14.6. The van der Waals surface area contributed by atoms with Crippen LogP contribution in [0.15, 0.2) is 42.5 Å². The molecule has 9 heteroatoms. The molecule has 31 heavy (non-hydrogen) atoms. The molecule has 1 atom stereocenters. The number of esters is 1. The molecule has 0 saturated carbocycles. The molecule has 0 bridgehead atoms. The molecule has 0 fully saturated rings. The van der Waals surface area contributed by atoms with Crippen LogP contribution >= 0.6 is 0 Å². The van der Waals surface area contributed by atoms with Gasteiger partial charge in [0.1, 0.15) is 11.8 Å². The molecule has 0 spiro atoms. The highest BCUT2D eigenvalue weighted by atomic mass is 32.2. The summed E-state index contributed by atoms with van der Waals surface area (Å²) in [6, 6.07) is 10.4. The van der Waals surface area contributed by atoms with Crippen molar-refractivity contribution < 1.29 is 27.5 Å². The van der Waals surface area contributed by atoms with E-state index in [0.717, 1.165) is 10.6 Å². The van der Waals surface area contributed by atoms with Crippen molar-refractivity contribution in [1.82, 2.24) is 0 Å². The molecular weight excluding hydrogens is 420 g/mol. The van der Waals surface area contributed by atoms with Gasteiger partial charge in [-0.25, -0.2) is 13.2 Å². The van der Waals surface area contributed by atoms with Gasteiger partial charge in [0.15, 0.2) is 0 Å². The quantitative estimate of drug-likeness (QED) is 0.590. The molecule has 168 valence electrons. The van der Waals surface area contributed by atoms with Gasteiger partial charge in [0, 0.05) is 5.69 Å². The van der Waals surface area contributed by atoms with Gasteiger partial charge in [-0.2, -0.15) is 0 Å². The number of carbonyl (C=O) groups excluding carboxylic acids is 2. The first-order valence-electron chi connectivity index (χ1n) is 9.85. The Morgan fingerprint density at radius 3 is 2.26 bits per heavy atom. The number of nitrogens with zero attached hydrogens (tertiary/aromatic N) is 1. The predicted molar refractivity (Wildman–Crippen MR) is 120 cm³/mol. The number of sulfonamides is 1. The van der Waals surface area contributed by atoms with E-state index in [1.54, 1.807) is 56.3 Å². The van der Waals surface area contributed by atoms with Gasteiger partial charge < -0.3 is 14.8 Å². The lowest BCUT2D eigenvalue weighted by atomic mass is 10.1. The Kier molecular flexibility index (Phi) is 8.04. The maximum absolute atomic E-state index is 13.1. The largest absolute Gasteiger partial charge is 0.494 e. The van der Waals surface area contributed by atoms with Crippen LogP contribution in [0.25, 0.3) is 0 Å². The molecule has 0 aliphatic carbocycles. The Labute approximate surface area is 183 Å². The summed E-state index contributed by atoms with van der Waals surface area (Å²) in [5.74, 6) is -0.424. The average Bonchev–Trinajstić information content (AvgIpc) is 2.73. The van der Waals surface area contributed by atoms with E-state index >= 15 is 0 Å². The highest BCUT2D eigenvalue weighted by Crippen LogP contribution is 2.27. The summed E-state index contributed by atoms with van der Waals surface area (Å²) >= 11 is 0. The summed E-state index contributed by atoms with van der Waals surface area (Å²) in [6.07, 6.45) is 1.30. The molecule has 8 nitrogen and oxygen atoms in total. The normalized spacial score (nSPS) is 12.0. The van der Waals surface area contributed by atoms with E-state index in [9.17, 15) is 18.0 Å². The van der Waals surface area contributed by atoms with E-state index in [0.29, 0.717) is 34.9 Å². The van der Waals surface area contributed by atoms with Crippen LogP contribution in [0.5, 0.6) is 5.75 Å². The van der Waals surface area contributed by atoms with Crippen LogP contribution in [-0.2, 0) is 19.6 Å². The number of rotatable bonds is 9. The molecule has 0 aromatic heterocycles. The molecule has 0 saturated heterocycles. The number of anilines is 2. The number of hydrogen-bond acceptors (Lipinski definition) is 6. The zero-order valence-electron chi connectivity index (χ0n) is 18.3. The van der Waals surface area contributed by atoms with Gasteiger partial charge in [-0.05, 0) is 62.2 Å². The van der Waals surface area contributed by atoms with Crippen molar-refractivity contribution in [1.29, 1.82) is 0 Å². The lowest BCUT2D eigenvalue weighted by Crippen LogP contribution is -2.47. The summed E-state index contributed by atoms with van der Waals surface area (Å²) in [6.45, 7) is 5.75. The highest BCUT2D eigenvalue weighted by molar-refractivity contribution is 7.92. The summed E-state index contributed by atoms with van der Waals surface area (Å²) in [7, 11) is -2.49. The van der Waals surface area contributed by atoms with Gasteiger partial charge >= 0.3 is 5.97 Å². The van der Waals surface area contributed by atoms with E-state index < -0.39 is 27.9 Å². The van der Waals surface area contributed by atoms with Crippen molar-refractivity contribution in [3.8, 4) is 5.75 Å². The standard InChI is InChI=1S/C22H28N2O6S/c1-6-20(21(25)23-19-10-8-9-18(15(19)3)22(26)29-4)24(31(5,27)28)16-11-13-17(14-12-16)30-7-2/h8-14,20H,6-7H2,1-5H3,(H,23,25). The maximum Gasteiger partial charge on any atom is 0.338 e. The Morgan fingerprint density at radius 1 is 1.10 bits per heavy atom. The third kappa shape index (κ3) is 5.75. The van der Waals surface area contributed by atoms with Crippen LogP contribution < -0.4 is 14.4 Å². The van der Waals surface area contributed by atoms with Gasteiger partial charge in [-0.15, -0.1) is 0 Å². The van der Waals surface area contributed by atoms with Crippen LogP contribution in [0.2, 0.25) is 0 Å². The number of ether oxygens (including phenoxy) is 2. The molecule has 0 radical (unpaired) electrons. The first kappa shape index (κ1) is 24.2. The van der Waals surface area contributed by atoms with Crippen LogP contribution in [0.1, 0.15) is 36.2 Å². The van der Waals surface area contributed by atoms with Crippen molar-refractivity contribution in [2.75, 3.05) is 29.6 Å². The van der Waals surface area contributed by atoms with Crippen molar-refractivity contribution >= 4 is 33.3 Å². The molecule has 2 aromatic carbocycles. The first-order valence-corrected chi connectivity index (χ1v) is 11.7. The second-order valence-electron chi connectivity index (χ2n) is 6.87. The lowest BCUT2D eigenvalue weighted by Gasteiger charge is -2.30. The SMILES string of the molecule is CCOc1ccc(N(C(CC)C(=O)Nc2cccc(C(=O)OC)c2C)S(C)(=O)=O)cc1. The second-order valence-corrected chi connectivity index (χ2v) is 8.73. The molecule has 2 rings (SSSR count). The third-order valence-corrected chi connectivity index (χ3v) is 5.91. The molecule has 0 aliphatic heterocycles. The zero-order valence-corrected chi connectivity index (χ0v) is 19.2. The number of amides is 1. The monoisotopic (exact) mass is 448 g/mol. The van der Waals surface area contributed by atoms with E-state index in [4.69, 9.17) is 9.47 Å². The minimum Gasteiger partial charge on any atom is -0.494 e. The van der Waals surface area contributed by atoms with E-state index in [2.05, 4.69) is 5.32 Å². The fraction of sp³-hybridized carbons (Fsp3) is 0.364. The smallest absolute Gasteiger partial charge is 0.338 e. The third-order valence-electron chi connectivity index (χ3n) is 4.73. The number of hydrogen-bond donors (Lipinski definition) is 1. The maximum atomic E-state index is 13.1. The topological polar surface area (TPSA) is 102 Å². The minimum absolute atomic E-state index is 0.238. The summed E-state index contributed by atoms with van der Waals surface area (Å²) < 4.78 is 36.5. The van der Waals surface area contributed by atoms with Gasteiger partial charge in [-0.1, -0.05) is 13.0 Å². The molecular formula is C22H28N2O6S. The predicted octanol–water partition coefficient (Wildman–Crippen LogP) is 3.36. The van der Waals surface area contributed by atoms with Gasteiger partial charge in [0.05, 0.1) is 31.2 Å². The minimum atomic E-state index is -3.77. The molecule has 0 heterocycles. The number of nitrogens with one attached hydrogen (secondary N) is 1. The summed E-state index contributed by atoms with van der Waals surface area (Å²) in [5.41, 5.74) is 1.61. The van der Waals surface area contributed by atoms with Crippen LogP contribution in [0.3, 0.4) is 0 Å². The number of methoxy groups -OCH3 is 1. The summed E-state index contributed by atoms with van der Waals surface area (Å²) in [4.78, 5) is 25.0. The molecule has 2 aromatic rings. The van der Waals surface area contributed by atoms with Crippen molar-refractivity contribution in [2.24, 2.45) is 0 Å². The zero-order chi connectivity index (χ0) is 23.2. The van der Waals surface area contributed by atoms with Crippen LogP contribution in [-0.4, -0.2) is 46.3 Å². The Hall–Kier alpha value is -3.07. The average molecular weight is 449 g/mol. The number of benzene rings is 2. The Morgan fingerprint density at radius 2 is 1.74 bits per heavy atom. The van der Waals surface area contributed by atoms with Crippen LogP contribution in [0, 0.1) is 6.92 Å². The van der Waals surface area contributed by atoms with Gasteiger partial charge in [0.25, 0.3) is 0 Å². The molecule has 1 N–H and O–H groups in total. The fourth-order valence-corrected chi connectivity index (χ4v) is 4.45.